The monoisotopic (exact) mass is 349 g/mol. The third-order valence-electron chi connectivity index (χ3n) is 2.14. The Morgan fingerprint density at radius 3 is 2.53 bits per heavy atom. The van der Waals surface area contributed by atoms with E-state index in [9.17, 15) is 9.59 Å². The van der Waals surface area contributed by atoms with Crippen LogP contribution in [0, 0.1) is 3.57 Å². The van der Waals surface area contributed by atoms with Crippen LogP contribution in [0.15, 0.2) is 24.3 Å². The quantitative estimate of drug-likeness (QED) is 0.688. The molecule has 0 fully saturated rings. The molecule has 0 radical (unpaired) electrons. The number of halogens is 1. The van der Waals surface area contributed by atoms with E-state index in [2.05, 4.69) is 5.32 Å². The van der Waals surface area contributed by atoms with Gasteiger partial charge in [-0.15, -0.1) is 0 Å². The number of carbonyl (C=O) groups is 2. The van der Waals surface area contributed by atoms with Gasteiger partial charge in [-0.1, -0.05) is 12.1 Å². The molecule has 1 atom stereocenters. The molecule has 0 saturated carbocycles. The van der Waals surface area contributed by atoms with E-state index in [1.807, 2.05) is 22.6 Å². The number of aliphatic hydroxyl groups excluding tert-OH is 1. The smallest absolute Gasteiger partial charge is 0.326 e. The van der Waals surface area contributed by atoms with Crippen LogP contribution in [0.2, 0.25) is 0 Å². The Morgan fingerprint density at radius 1 is 1.35 bits per heavy atom. The molecule has 1 amide bonds. The SMILES string of the molecule is O=C(N[C@H](CCO)C(=O)O)c1ccccc1I. The average molecular weight is 349 g/mol. The van der Waals surface area contributed by atoms with Gasteiger partial charge in [0, 0.05) is 16.6 Å². The van der Waals surface area contributed by atoms with Crippen LogP contribution in [-0.2, 0) is 4.79 Å². The number of nitrogens with one attached hydrogen (secondary N) is 1. The van der Waals surface area contributed by atoms with Crippen molar-refractivity contribution < 1.29 is 19.8 Å². The maximum atomic E-state index is 11.8. The number of carboxylic acid groups (broad SMARTS) is 1. The molecule has 6 heteroatoms. The van der Waals surface area contributed by atoms with Crippen molar-refractivity contribution in [2.75, 3.05) is 6.61 Å². The van der Waals surface area contributed by atoms with Crippen LogP contribution in [0.4, 0.5) is 0 Å². The molecule has 0 spiro atoms. The van der Waals surface area contributed by atoms with Gasteiger partial charge in [0.25, 0.3) is 5.91 Å². The number of rotatable bonds is 5. The van der Waals surface area contributed by atoms with Gasteiger partial charge >= 0.3 is 5.97 Å². The van der Waals surface area contributed by atoms with Crippen molar-refractivity contribution in [3.63, 3.8) is 0 Å². The van der Waals surface area contributed by atoms with E-state index >= 15 is 0 Å². The van der Waals surface area contributed by atoms with Gasteiger partial charge in [0.1, 0.15) is 6.04 Å². The van der Waals surface area contributed by atoms with Crippen molar-refractivity contribution in [1.82, 2.24) is 5.32 Å². The lowest BCUT2D eigenvalue weighted by Crippen LogP contribution is -2.41. The minimum Gasteiger partial charge on any atom is -0.480 e. The van der Waals surface area contributed by atoms with Crippen LogP contribution in [0.1, 0.15) is 16.8 Å². The zero-order chi connectivity index (χ0) is 12.8. The molecule has 92 valence electrons. The molecule has 0 bridgehead atoms. The molecule has 17 heavy (non-hydrogen) atoms. The first-order chi connectivity index (χ1) is 8.06. The summed E-state index contributed by atoms with van der Waals surface area (Å²) in [5, 5.41) is 19.9. The molecule has 5 nitrogen and oxygen atoms in total. The summed E-state index contributed by atoms with van der Waals surface area (Å²) in [4.78, 5) is 22.6. The lowest BCUT2D eigenvalue weighted by molar-refractivity contribution is -0.139. The third kappa shape index (κ3) is 3.97. The Morgan fingerprint density at radius 2 is 2.00 bits per heavy atom. The van der Waals surface area contributed by atoms with Gasteiger partial charge in [-0.3, -0.25) is 4.79 Å². The molecule has 1 aromatic rings. The number of hydrogen-bond acceptors (Lipinski definition) is 3. The van der Waals surface area contributed by atoms with Gasteiger partial charge in [0.15, 0.2) is 0 Å². The molecular weight excluding hydrogens is 337 g/mol. The van der Waals surface area contributed by atoms with E-state index in [1.165, 1.54) is 0 Å². The standard InChI is InChI=1S/C11H12INO4/c12-8-4-2-1-3-7(8)10(15)13-9(5-6-14)11(16)17/h1-4,9,14H,5-6H2,(H,13,15)(H,16,17)/t9-/m1/s1. The highest BCUT2D eigenvalue weighted by atomic mass is 127. The first kappa shape index (κ1) is 13.9. The maximum Gasteiger partial charge on any atom is 0.326 e. The molecule has 0 aliphatic carbocycles. The Balaban J connectivity index is 2.77. The molecule has 0 heterocycles. The number of benzene rings is 1. The van der Waals surface area contributed by atoms with Crippen LogP contribution in [0.25, 0.3) is 0 Å². The summed E-state index contributed by atoms with van der Waals surface area (Å²) < 4.78 is 0.746. The number of carboxylic acids is 1. The highest BCUT2D eigenvalue weighted by Crippen LogP contribution is 2.11. The van der Waals surface area contributed by atoms with Crippen molar-refractivity contribution in [2.45, 2.75) is 12.5 Å². The van der Waals surface area contributed by atoms with Gasteiger partial charge in [0.05, 0.1) is 5.56 Å². The zero-order valence-electron chi connectivity index (χ0n) is 8.89. The highest BCUT2D eigenvalue weighted by Gasteiger charge is 2.20. The number of amides is 1. The summed E-state index contributed by atoms with van der Waals surface area (Å²) >= 11 is 2.00. The first-order valence-electron chi connectivity index (χ1n) is 4.95. The average Bonchev–Trinajstić information content (AvgIpc) is 2.28. The normalized spacial score (nSPS) is 11.9. The topological polar surface area (TPSA) is 86.6 Å². The largest absolute Gasteiger partial charge is 0.480 e. The molecule has 1 rings (SSSR count). The third-order valence-corrected chi connectivity index (χ3v) is 3.08. The van der Waals surface area contributed by atoms with Crippen molar-refractivity contribution in [2.24, 2.45) is 0 Å². The minimum atomic E-state index is -1.15. The fourth-order valence-corrected chi connectivity index (χ4v) is 1.90. The predicted octanol–water partition coefficient (Wildman–Crippen LogP) is 0.857. The van der Waals surface area contributed by atoms with Crippen LogP contribution in [0.5, 0.6) is 0 Å². The summed E-state index contributed by atoms with van der Waals surface area (Å²) in [5.41, 5.74) is 0.428. The van der Waals surface area contributed by atoms with Gasteiger partial charge < -0.3 is 15.5 Å². The second-order valence-corrected chi connectivity index (χ2v) is 4.52. The molecular formula is C11H12INO4. The number of aliphatic hydroxyl groups is 1. The molecule has 0 aliphatic rings. The Bertz CT molecular complexity index is 422. The van der Waals surface area contributed by atoms with E-state index in [0.29, 0.717) is 5.56 Å². The Kier molecular flexibility index (Phi) is 5.36. The lowest BCUT2D eigenvalue weighted by atomic mass is 10.1. The Labute approximate surface area is 112 Å². The predicted molar refractivity (Wildman–Crippen MR) is 69.8 cm³/mol. The molecule has 0 aliphatic heterocycles. The van der Waals surface area contributed by atoms with Crippen LogP contribution in [-0.4, -0.2) is 34.7 Å². The van der Waals surface area contributed by atoms with Crippen molar-refractivity contribution >= 4 is 34.5 Å². The maximum absolute atomic E-state index is 11.8. The van der Waals surface area contributed by atoms with Gasteiger partial charge in [-0.05, 0) is 34.7 Å². The summed E-state index contributed by atoms with van der Waals surface area (Å²) in [6, 6.07) is 5.81. The number of aliphatic carboxylic acids is 1. The Hall–Kier alpha value is -1.15. The summed E-state index contributed by atoms with van der Waals surface area (Å²) in [6.45, 7) is -0.289. The molecule has 3 N–H and O–H groups in total. The van der Waals surface area contributed by atoms with Crippen LogP contribution in [0.3, 0.4) is 0 Å². The van der Waals surface area contributed by atoms with Crippen molar-refractivity contribution in [3.05, 3.63) is 33.4 Å². The second-order valence-electron chi connectivity index (χ2n) is 3.36. The van der Waals surface area contributed by atoms with Gasteiger partial charge in [-0.25, -0.2) is 4.79 Å². The fraction of sp³-hybridized carbons (Fsp3) is 0.273. The van der Waals surface area contributed by atoms with E-state index in [4.69, 9.17) is 10.2 Å². The fourth-order valence-electron chi connectivity index (χ4n) is 1.27. The second kappa shape index (κ2) is 6.55. The molecule has 0 unspecified atom stereocenters. The van der Waals surface area contributed by atoms with Crippen LogP contribution >= 0.6 is 22.6 Å². The lowest BCUT2D eigenvalue weighted by Gasteiger charge is -2.13. The van der Waals surface area contributed by atoms with Gasteiger partial charge in [-0.2, -0.15) is 0 Å². The van der Waals surface area contributed by atoms with Gasteiger partial charge in [0.2, 0.25) is 0 Å². The van der Waals surface area contributed by atoms with Crippen molar-refractivity contribution in [3.8, 4) is 0 Å². The highest BCUT2D eigenvalue weighted by molar-refractivity contribution is 14.1. The van der Waals surface area contributed by atoms with E-state index < -0.39 is 17.9 Å². The zero-order valence-corrected chi connectivity index (χ0v) is 11.0. The number of carbonyl (C=O) groups excluding carboxylic acids is 1. The van der Waals surface area contributed by atoms with Crippen molar-refractivity contribution in [1.29, 1.82) is 0 Å². The minimum absolute atomic E-state index is 0.00944. The summed E-state index contributed by atoms with van der Waals surface area (Å²) in [6.07, 6.45) is -0.00944. The molecule has 1 aromatic carbocycles. The molecule has 0 saturated heterocycles. The summed E-state index contributed by atoms with van der Waals surface area (Å²) in [5.74, 6) is -1.60. The van der Waals surface area contributed by atoms with Crippen LogP contribution < -0.4 is 5.32 Å². The first-order valence-corrected chi connectivity index (χ1v) is 6.03. The number of hydrogen-bond donors (Lipinski definition) is 3. The van der Waals surface area contributed by atoms with E-state index in [-0.39, 0.29) is 13.0 Å². The summed E-state index contributed by atoms with van der Waals surface area (Å²) in [7, 11) is 0. The van der Waals surface area contributed by atoms with E-state index in [0.717, 1.165) is 3.57 Å². The molecule has 0 aromatic heterocycles. The van der Waals surface area contributed by atoms with E-state index in [1.54, 1.807) is 24.3 Å².